The normalized spacial score (nSPS) is 23.3. The first kappa shape index (κ1) is 12.6. The zero-order valence-corrected chi connectivity index (χ0v) is 10.3. The number of likely N-dealkylation sites (tertiary alicyclic amines) is 1. The number of hydrogen-bond donors (Lipinski definition) is 2. The molecule has 1 aliphatic heterocycles. The maximum atomic E-state index is 12.3. The number of aromatic amines is 1. The molecule has 1 saturated heterocycles. The molecule has 1 fully saturated rings. The molecule has 0 spiro atoms. The third-order valence-corrected chi connectivity index (χ3v) is 3.54. The summed E-state index contributed by atoms with van der Waals surface area (Å²) in [5, 5.41) is 15.8. The fourth-order valence-corrected chi connectivity index (χ4v) is 2.70. The second-order valence-corrected chi connectivity index (χ2v) is 4.63. The topological polar surface area (TPSA) is 86.3 Å². The lowest BCUT2D eigenvalue weighted by molar-refractivity contribution is -0.148. The molecule has 1 atom stereocenters. The zero-order chi connectivity index (χ0) is 13.2. The first-order valence-electron chi connectivity index (χ1n) is 6.16. The summed E-state index contributed by atoms with van der Waals surface area (Å²) in [5.41, 5.74) is -0.623. The number of carbonyl (C=O) groups is 2. The highest BCUT2D eigenvalue weighted by molar-refractivity contribution is 5.97. The summed E-state index contributed by atoms with van der Waals surface area (Å²) in [4.78, 5) is 25.4. The van der Waals surface area contributed by atoms with Gasteiger partial charge in [-0.15, -0.1) is 0 Å². The fourth-order valence-electron chi connectivity index (χ4n) is 2.70. The van der Waals surface area contributed by atoms with Crippen molar-refractivity contribution >= 4 is 11.9 Å². The van der Waals surface area contributed by atoms with Gasteiger partial charge < -0.3 is 10.0 Å². The third-order valence-electron chi connectivity index (χ3n) is 3.54. The zero-order valence-electron chi connectivity index (χ0n) is 10.3. The lowest BCUT2D eigenvalue weighted by Crippen LogP contribution is -2.53. The van der Waals surface area contributed by atoms with Gasteiger partial charge in [0, 0.05) is 12.7 Å². The molecular weight excluding hydrogens is 234 g/mol. The second-order valence-electron chi connectivity index (χ2n) is 4.63. The van der Waals surface area contributed by atoms with Crippen LogP contribution < -0.4 is 0 Å². The highest BCUT2D eigenvalue weighted by Crippen LogP contribution is 2.35. The summed E-state index contributed by atoms with van der Waals surface area (Å²) >= 11 is 0. The Kier molecular flexibility index (Phi) is 3.36. The molecule has 2 N–H and O–H groups in total. The number of amides is 1. The van der Waals surface area contributed by atoms with E-state index in [0.29, 0.717) is 24.9 Å². The van der Waals surface area contributed by atoms with E-state index in [4.69, 9.17) is 0 Å². The van der Waals surface area contributed by atoms with Crippen LogP contribution in [0.4, 0.5) is 0 Å². The van der Waals surface area contributed by atoms with Crippen LogP contribution in [0.3, 0.4) is 0 Å². The number of nitrogens with one attached hydrogen (secondary N) is 1. The number of H-pyrrole nitrogens is 1. The van der Waals surface area contributed by atoms with Crippen LogP contribution in [0.15, 0.2) is 12.4 Å². The van der Waals surface area contributed by atoms with Crippen molar-refractivity contribution in [1.82, 2.24) is 15.1 Å². The van der Waals surface area contributed by atoms with Gasteiger partial charge in [-0.1, -0.05) is 13.3 Å². The molecule has 6 heteroatoms. The van der Waals surface area contributed by atoms with Crippen LogP contribution in [0.2, 0.25) is 0 Å². The number of aromatic nitrogens is 2. The lowest BCUT2D eigenvalue weighted by Gasteiger charge is -2.34. The highest BCUT2D eigenvalue weighted by Gasteiger charge is 2.49. The smallest absolute Gasteiger partial charge is 0.329 e. The van der Waals surface area contributed by atoms with Gasteiger partial charge in [0.1, 0.15) is 5.54 Å². The molecule has 1 aromatic rings. The molecule has 2 rings (SSSR count). The molecule has 6 nitrogen and oxygen atoms in total. The number of aliphatic carboxylic acids is 1. The average molecular weight is 251 g/mol. The van der Waals surface area contributed by atoms with Gasteiger partial charge >= 0.3 is 5.97 Å². The molecule has 0 radical (unpaired) electrons. The number of carboxylic acids is 1. The summed E-state index contributed by atoms with van der Waals surface area (Å²) in [5.74, 6) is -1.16. The molecule has 1 unspecified atom stereocenters. The van der Waals surface area contributed by atoms with Crippen LogP contribution in [-0.4, -0.2) is 44.2 Å². The molecule has 1 amide bonds. The molecule has 0 saturated carbocycles. The van der Waals surface area contributed by atoms with Crippen LogP contribution in [0.5, 0.6) is 0 Å². The van der Waals surface area contributed by atoms with Crippen LogP contribution in [-0.2, 0) is 4.79 Å². The average Bonchev–Trinajstić information content (AvgIpc) is 2.98. The van der Waals surface area contributed by atoms with E-state index in [1.807, 2.05) is 6.92 Å². The van der Waals surface area contributed by atoms with E-state index in [2.05, 4.69) is 10.2 Å². The molecule has 1 aromatic heterocycles. The molecular formula is C12H17N3O3. The minimum absolute atomic E-state index is 0.253. The van der Waals surface area contributed by atoms with Crippen molar-refractivity contribution < 1.29 is 14.7 Å². The Bertz CT molecular complexity index is 443. The molecule has 1 aliphatic rings. The van der Waals surface area contributed by atoms with Crippen LogP contribution in [0.25, 0.3) is 0 Å². The summed E-state index contributed by atoms with van der Waals surface area (Å²) < 4.78 is 0. The number of carbonyl (C=O) groups excluding carboxylic acids is 1. The SMILES string of the molecule is CCCC1(C(=O)O)CCCN1C(=O)c1cn[nH]c1. The van der Waals surface area contributed by atoms with E-state index in [1.165, 1.54) is 17.3 Å². The molecule has 98 valence electrons. The quantitative estimate of drug-likeness (QED) is 0.843. The second kappa shape index (κ2) is 4.80. The number of nitrogens with zero attached hydrogens (tertiary/aromatic N) is 2. The summed E-state index contributed by atoms with van der Waals surface area (Å²) in [6.07, 6.45) is 5.42. The van der Waals surface area contributed by atoms with Crippen molar-refractivity contribution in [3.05, 3.63) is 18.0 Å². The van der Waals surface area contributed by atoms with Gasteiger partial charge in [-0.25, -0.2) is 4.79 Å². The van der Waals surface area contributed by atoms with Gasteiger partial charge in [-0.3, -0.25) is 9.89 Å². The molecule has 2 heterocycles. The van der Waals surface area contributed by atoms with Gasteiger partial charge in [0.2, 0.25) is 0 Å². The Labute approximate surface area is 105 Å². The minimum Gasteiger partial charge on any atom is -0.479 e. The third kappa shape index (κ3) is 1.87. The maximum absolute atomic E-state index is 12.3. The van der Waals surface area contributed by atoms with Crippen molar-refractivity contribution in [3.63, 3.8) is 0 Å². The monoisotopic (exact) mass is 251 g/mol. The predicted molar refractivity (Wildman–Crippen MR) is 64.1 cm³/mol. The van der Waals surface area contributed by atoms with E-state index < -0.39 is 11.5 Å². The molecule has 0 aromatic carbocycles. The molecule has 0 bridgehead atoms. The lowest BCUT2D eigenvalue weighted by atomic mass is 9.90. The summed E-state index contributed by atoms with van der Waals surface area (Å²) in [7, 11) is 0. The highest BCUT2D eigenvalue weighted by atomic mass is 16.4. The van der Waals surface area contributed by atoms with E-state index in [1.54, 1.807) is 0 Å². The van der Waals surface area contributed by atoms with Gasteiger partial charge in [-0.2, -0.15) is 5.10 Å². The van der Waals surface area contributed by atoms with Crippen LogP contribution >= 0.6 is 0 Å². The van der Waals surface area contributed by atoms with Crippen molar-refractivity contribution in [2.24, 2.45) is 0 Å². The first-order chi connectivity index (χ1) is 8.62. The molecule has 18 heavy (non-hydrogen) atoms. The van der Waals surface area contributed by atoms with Crippen molar-refractivity contribution in [1.29, 1.82) is 0 Å². The van der Waals surface area contributed by atoms with Crippen LogP contribution in [0.1, 0.15) is 43.0 Å². The van der Waals surface area contributed by atoms with Gasteiger partial charge in [0.15, 0.2) is 0 Å². The standard InChI is InChI=1S/C12H17N3O3/c1-2-4-12(11(17)18)5-3-6-15(12)10(16)9-7-13-14-8-9/h7-8H,2-6H2,1H3,(H,13,14)(H,17,18). The van der Waals surface area contributed by atoms with Crippen molar-refractivity contribution in [2.75, 3.05) is 6.54 Å². The van der Waals surface area contributed by atoms with Gasteiger partial charge in [0.05, 0.1) is 11.8 Å². The summed E-state index contributed by atoms with van der Waals surface area (Å²) in [6.45, 7) is 2.43. The van der Waals surface area contributed by atoms with E-state index in [-0.39, 0.29) is 5.91 Å². The Morgan fingerprint density at radius 3 is 2.94 bits per heavy atom. The maximum Gasteiger partial charge on any atom is 0.329 e. The van der Waals surface area contributed by atoms with E-state index >= 15 is 0 Å². The first-order valence-corrected chi connectivity index (χ1v) is 6.16. The Morgan fingerprint density at radius 1 is 1.61 bits per heavy atom. The number of hydrogen-bond acceptors (Lipinski definition) is 3. The van der Waals surface area contributed by atoms with Gasteiger partial charge in [-0.05, 0) is 19.3 Å². The fraction of sp³-hybridized carbons (Fsp3) is 0.583. The minimum atomic E-state index is -1.04. The van der Waals surface area contributed by atoms with Crippen molar-refractivity contribution in [2.45, 2.75) is 38.1 Å². The van der Waals surface area contributed by atoms with E-state index in [9.17, 15) is 14.7 Å². The summed E-state index contributed by atoms with van der Waals surface area (Å²) in [6, 6.07) is 0. The van der Waals surface area contributed by atoms with Gasteiger partial charge in [0.25, 0.3) is 5.91 Å². The molecule has 0 aliphatic carbocycles. The number of rotatable bonds is 4. The number of carboxylic acid groups (broad SMARTS) is 1. The Morgan fingerprint density at radius 2 is 2.39 bits per heavy atom. The largest absolute Gasteiger partial charge is 0.479 e. The predicted octanol–water partition coefficient (Wildman–Crippen LogP) is 1.27. The Hall–Kier alpha value is -1.85. The Balaban J connectivity index is 2.30. The van der Waals surface area contributed by atoms with Crippen molar-refractivity contribution in [3.8, 4) is 0 Å². The van der Waals surface area contributed by atoms with Crippen LogP contribution in [0, 0.1) is 0 Å². The van der Waals surface area contributed by atoms with E-state index in [0.717, 1.165) is 12.8 Å².